The van der Waals surface area contributed by atoms with Crippen molar-refractivity contribution in [3.63, 3.8) is 0 Å². The van der Waals surface area contributed by atoms with E-state index in [0.717, 1.165) is 11.6 Å². The Morgan fingerprint density at radius 2 is 1.80 bits per heavy atom. The summed E-state index contributed by atoms with van der Waals surface area (Å²) >= 11 is 6.17. The minimum atomic E-state index is -4.96. The van der Waals surface area contributed by atoms with Gasteiger partial charge >= 0.3 is 12.5 Å². The molecule has 0 fully saturated rings. The number of rotatable bonds is 7. The Labute approximate surface area is 236 Å². The Bertz CT molecular complexity index is 1250. The number of aryl methyl sites for hydroxylation is 1. The number of carbonyl (C=O) groups is 3. The average Bonchev–Trinajstić information content (AvgIpc) is 2.94. The van der Waals surface area contributed by atoms with Gasteiger partial charge in [-0.1, -0.05) is 29.8 Å². The summed E-state index contributed by atoms with van der Waals surface area (Å²) in [7, 11) is 0. The quantitative estimate of drug-likeness (QED) is 0.446. The third kappa shape index (κ3) is 8.51. The highest BCUT2D eigenvalue weighted by Gasteiger charge is 2.36. The number of para-hydroxylation sites is 1. The normalized spacial score (nSPS) is 16.6. The van der Waals surface area contributed by atoms with Crippen molar-refractivity contribution in [1.82, 2.24) is 10.6 Å². The summed E-state index contributed by atoms with van der Waals surface area (Å²) in [4.78, 5) is 41.3. The van der Waals surface area contributed by atoms with Gasteiger partial charge in [-0.25, -0.2) is 4.79 Å². The number of hydrogen-bond donors (Lipinski definition) is 2. The van der Waals surface area contributed by atoms with Gasteiger partial charge in [-0.3, -0.25) is 9.59 Å². The molecule has 8 nitrogen and oxygen atoms in total. The fraction of sp³-hybridized carbons (Fsp3) is 0.464. The van der Waals surface area contributed by atoms with Gasteiger partial charge in [-0.2, -0.15) is 0 Å². The third-order valence-electron chi connectivity index (χ3n) is 6.00. The standard InChI is InChI=1S/C28H33ClF3N3O5/c1-16(2)35-22-13-11-19(29)14-17(22)10-12-20(25(35)37)33-24(36)21(34-26(38)40-27(3,4)5)15-18-8-6-7-9-23(18)39-28(30,31)32/h6-9,11,13-14,16,20-21H,10,12,15H2,1-5H3,(H,33,36)(H,34,38)/t20-,21-/m1/s1. The number of nitrogens with zero attached hydrogens (tertiary/aromatic N) is 1. The molecule has 1 aliphatic heterocycles. The fourth-order valence-electron chi connectivity index (χ4n) is 4.41. The van der Waals surface area contributed by atoms with Crippen LogP contribution in [0.15, 0.2) is 42.5 Å². The molecule has 0 saturated heterocycles. The molecular formula is C28H33ClF3N3O5. The lowest BCUT2D eigenvalue weighted by atomic mass is 10.0. The maximum absolute atomic E-state index is 13.6. The summed E-state index contributed by atoms with van der Waals surface area (Å²) in [5.41, 5.74) is 0.648. The predicted octanol–water partition coefficient (Wildman–Crippen LogP) is 5.55. The Balaban J connectivity index is 1.89. The zero-order valence-electron chi connectivity index (χ0n) is 22.9. The lowest BCUT2D eigenvalue weighted by molar-refractivity contribution is -0.274. The zero-order chi connectivity index (χ0) is 29.8. The zero-order valence-corrected chi connectivity index (χ0v) is 23.7. The minimum Gasteiger partial charge on any atom is -0.444 e. The van der Waals surface area contributed by atoms with Crippen molar-refractivity contribution in [2.75, 3.05) is 4.90 Å². The lowest BCUT2D eigenvalue weighted by Crippen LogP contribution is -2.56. The number of carbonyl (C=O) groups excluding carboxylic acids is 3. The number of ether oxygens (including phenoxy) is 2. The van der Waals surface area contributed by atoms with Crippen LogP contribution in [0.25, 0.3) is 0 Å². The van der Waals surface area contributed by atoms with Crippen LogP contribution in [-0.4, -0.2) is 48.0 Å². The first kappa shape index (κ1) is 31.1. The van der Waals surface area contributed by atoms with E-state index in [0.29, 0.717) is 17.1 Å². The predicted molar refractivity (Wildman–Crippen MR) is 144 cm³/mol. The molecule has 1 heterocycles. The molecular weight excluding hydrogens is 551 g/mol. The maximum atomic E-state index is 13.6. The van der Waals surface area contributed by atoms with Gasteiger partial charge in [0.2, 0.25) is 11.8 Å². The molecule has 3 rings (SSSR count). The van der Waals surface area contributed by atoms with E-state index in [1.165, 1.54) is 18.2 Å². The van der Waals surface area contributed by atoms with Crippen LogP contribution in [0.4, 0.5) is 23.7 Å². The molecule has 218 valence electrons. The molecule has 0 saturated carbocycles. The Morgan fingerprint density at radius 1 is 1.12 bits per heavy atom. The smallest absolute Gasteiger partial charge is 0.444 e. The van der Waals surface area contributed by atoms with Gasteiger partial charge in [0.1, 0.15) is 23.4 Å². The van der Waals surface area contributed by atoms with Crippen LogP contribution >= 0.6 is 11.6 Å². The molecule has 0 aliphatic carbocycles. The van der Waals surface area contributed by atoms with Gasteiger partial charge in [0.25, 0.3) is 0 Å². The van der Waals surface area contributed by atoms with Crippen LogP contribution in [0.1, 0.15) is 52.2 Å². The van der Waals surface area contributed by atoms with Crippen LogP contribution in [0.5, 0.6) is 5.75 Å². The van der Waals surface area contributed by atoms with E-state index < -0.39 is 41.8 Å². The summed E-state index contributed by atoms with van der Waals surface area (Å²) < 4.78 is 48.4. The number of alkyl halides is 3. The first-order valence-electron chi connectivity index (χ1n) is 12.8. The maximum Gasteiger partial charge on any atom is 0.573 e. The summed E-state index contributed by atoms with van der Waals surface area (Å²) in [6.45, 7) is 8.56. The van der Waals surface area contributed by atoms with Crippen molar-refractivity contribution in [2.24, 2.45) is 0 Å². The van der Waals surface area contributed by atoms with Gasteiger partial charge in [-0.05, 0) is 82.9 Å². The van der Waals surface area contributed by atoms with Crippen LogP contribution in [-0.2, 0) is 27.2 Å². The van der Waals surface area contributed by atoms with Crippen molar-refractivity contribution in [1.29, 1.82) is 0 Å². The highest BCUT2D eigenvalue weighted by molar-refractivity contribution is 6.30. The van der Waals surface area contributed by atoms with E-state index in [4.69, 9.17) is 16.3 Å². The van der Waals surface area contributed by atoms with E-state index in [1.54, 1.807) is 43.9 Å². The van der Waals surface area contributed by atoms with E-state index in [9.17, 15) is 27.6 Å². The van der Waals surface area contributed by atoms with Gasteiger partial charge in [-0.15, -0.1) is 13.2 Å². The third-order valence-corrected chi connectivity index (χ3v) is 6.24. The van der Waals surface area contributed by atoms with E-state index in [1.807, 2.05) is 13.8 Å². The van der Waals surface area contributed by atoms with Crippen LogP contribution in [0, 0.1) is 0 Å². The number of anilines is 1. The molecule has 2 aromatic rings. The Hall–Kier alpha value is -3.47. The first-order valence-corrected chi connectivity index (χ1v) is 13.2. The second-order valence-corrected chi connectivity index (χ2v) is 11.2. The van der Waals surface area contributed by atoms with Gasteiger partial charge < -0.3 is 25.0 Å². The second kappa shape index (κ2) is 12.4. The molecule has 40 heavy (non-hydrogen) atoms. The SMILES string of the molecule is CC(C)N1C(=O)[C@H](NC(=O)[C@@H](Cc2ccccc2OC(F)(F)F)NC(=O)OC(C)(C)C)CCc2cc(Cl)ccc21. The summed E-state index contributed by atoms with van der Waals surface area (Å²) in [5.74, 6) is -1.64. The molecule has 12 heteroatoms. The number of benzene rings is 2. The van der Waals surface area contributed by atoms with Gasteiger partial charge in [0, 0.05) is 23.2 Å². The molecule has 2 N–H and O–H groups in total. The number of amides is 3. The van der Waals surface area contributed by atoms with Crippen LogP contribution < -0.4 is 20.3 Å². The molecule has 3 amide bonds. The fourth-order valence-corrected chi connectivity index (χ4v) is 4.61. The van der Waals surface area contributed by atoms with Crippen molar-refractivity contribution in [2.45, 2.75) is 84.0 Å². The largest absolute Gasteiger partial charge is 0.573 e. The Morgan fingerprint density at radius 3 is 2.42 bits per heavy atom. The lowest BCUT2D eigenvalue weighted by Gasteiger charge is -2.30. The topological polar surface area (TPSA) is 97.0 Å². The molecule has 0 aromatic heterocycles. The minimum absolute atomic E-state index is 0.0223. The van der Waals surface area contributed by atoms with E-state index in [-0.39, 0.29) is 30.4 Å². The molecule has 1 aliphatic rings. The van der Waals surface area contributed by atoms with Crippen LogP contribution in [0.3, 0.4) is 0 Å². The Kier molecular flexibility index (Phi) is 9.60. The average molecular weight is 584 g/mol. The highest BCUT2D eigenvalue weighted by Crippen LogP contribution is 2.31. The second-order valence-electron chi connectivity index (χ2n) is 10.7. The monoisotopic (exact) mass is 583 g/mol. The van der Waals surface area contributed by atoms with Crippen molar-refractivity contribution in [3.8, 4) is 5.75 Å². The summed E-state index contributed by atoms with van der Waals surface area (Å²) in [6, 6.07) is 7.93. The number of hydrogen-bond acceptors (Lipinski definition) is 5. The summed E-state index contributed by atoms with van der Waals surface area (Å²) in [5, 5.41) is 5.65. The molecule has 0 unspecified atom stereocenters. The molecule has 0 bridgehead atoms. The molecule has 2 aromatic carbocycles. The first-order chi connectivity index (χ1) is 18.5. The van der Waals surface area contributed by atoms with E-state index in [2.05, 4.69) is 15.4 Å². The number of alkyl carbamates (subject to hydrolysis) is 1. The number of halogens is 4. The highest BCUT2D eigenvalue weighted by atomic mass is 35.5. The van der Waals surface area contributed by atoms with Crippen LogP contribution in [0.2, 0.25) is 5.02 Å². The van der Waals surface area contributed by atoms with Crippen molar-refractivity contribution < 1.29 is 37.0 Å². The molecule has 0 radical (unpaired) electrons. The molecule has 2 atom stereocenters. The van der Waals surface area contributed by atoms with Gasteiger partial charge in [0.05, 0.1) is 0 Å². The molecule has 0 spiro atoms. The number of nitrogens with one attached hydrogen (secondary N) is 2. The number of fused-ring (bicyclic) bond motifs is 1. The van der Waals surface area contributed by atoms with E-state index >= 15 is 0 Å². The summed E-state index contributed by atoms with van der Waals surface area (Å²) in [6.07, 6.45) is -5.59. The van der Waals surface area contributed by atoms with Crippen molar-refractivity contribution in [3.05, 3.63) is 58.6 Å². The van der Waals surface area contributed by atoms with Gasteiger partial charge in [0.15, 0.2) is 0 Å². The van der Waals surface area contributed by atoms with Crippen molar-refractivity contribution >= 4 is 35.2 Å².